The molecule has 2 rings (SSSR count). The molecule has 0 unspecified atom stereocenters. The Morgan fingerprint density at radius 3 is 2.68 bits per heavy atom. The first kappa shape index (κ1) is 13.5. The molecule has 2 aromatic rings. The molecule has 19 heavy (non-hydrogen) atoms. The molecule has 0 atom stereocenters. The van der Waals surface area contributed by atoms with Gasteiger partial charge in [0.15, 0.2) is 12.4 Å². The third-order valence-electron chi connectivity index (χ3n) is 2.51. The smallest absolute Gasteiger partial charge is 0.200 e. The van der Waals surface area contributed by atoms with E-state index in [0.717, 1.165) is 10.8 Å². The van der Waals surface area contributed by atoms with Crippen molar-refractivity contribution >= 4 is 28.0 Å². The van der Waals surface area contributed by atoms with E-state index in [9.17, 15) is 9.59 Å². The molecule has 0 aliphatic rings. The summed E-state index contributed by atoms with van der Waals surface area (Å²) in [4.78, 5) is 22.5. The van der Waals surface area contributed by atoms with Crippen molar-refractivity contribution in [2.75, 3.05) is 6.61 Å². The highest BCUT2D eigenvalue weighted by Crippen LogP contribution is 2.14. The molecule has 2 aromatic carbocycles. The number of Topliss-reactive ketones (excluding diaryl/α,β-unsaturated/α-hetero) is 1. The molecule has 0 radical (unpaired) electrons. The third kappa shape index (κ3) is 3.76. The van der Waals surface area contributed by atoms with Gasteiger partial charge in [-0.25, -0.2) is 0 Å². The zero-order valence-electron chi connectivity index (χ0n) is 10.0. The first-order chi connectivity index (χ1) is 9.19. The Labute approximate surface area is 119 Å². The molecular formula is C15H11BrO3. The van der Waals surface area contributed by atoms with Gasteiger partial charge in [-0.1, -0.05) is 40.2 Å². The van der Waals surface area contributed by atoms with Crippen LogP contribution in [0.5, 0.6) is 5.75 Å². The van der Waals surface area contributed by atoms with Gasteiger partial charge in [0.05, 0.1) is 0 Å². The number of carbonyl (C=O) groups excluding carboxylic acids is 2. The van der Waals surface area contributed by atoms with Gasteiger partial charge in [0, 0.05) is 15.6 Å². The second-order valence-corrected chi connectivity index (χ2v) is 4.83. The Hall–Kier alpha value is -1.94. The molecule has 4 heteroatoms. The van der Waals surface area contributed by atoms with Crippen LogP contribution in [0.2, 0.25) is 0 Å². The van der Waals surface area contributed by atoms with E-state index in [-0.39, 0.29) is 12.4 Å². The highest BCUT2D eigenvalue weighted by atomic mass is 79.9. The third-order valence-corrected chi connectivity index (χ3v) is 3.00. The molecule has 0 bridgehead atoms. The predicted molar refractivity (Wildman–Crippen MR) is 75.8 cm³/mol. The average molecular weight is 319 g/mol. The summed E-state index contributed by atoms with van der Waals surface area (Å²) in [5.41, 5.74) is 1.10. The number of hydrogen-bond acceptors (Lipinski definition) is 3. The lowest BCUT2D eigenvalue weighted by Gasteiger charge is -2.06. The summed E-state index contributed by atoms with van der Waals surface area (Å²) < 4.78 is 6.23. The zero-order valence-corrected chi connectivity index (χ0v) is 11.6. The molecule has 0 spiro atoms. The zero-order chi connectivity index (χ0) is 13.7. The van der Waals surface area contributed by atoms with Crippen molar-refractivity contribution in [3.8, 4) is 5.75 Å². The maximum atomic E-state index is 11.9. The molecule has 0 saturated carbocycles. The first-order valence-corrected chi connectivity index (χ1v) is 6.45. The fraction of sp³-hybridized carbons (Fsp3) is 0.0667. The fourth-order valence-corrected chi connectivity index (χ4v) is 1.97. The van der Waals surface area contributed by atoms with Crippen LogP contribution >= 0.6 is 15.9 Å². The largest absolute Gasteiger partial charge is 0.485 e. The topological polar surface area (TPSA) is 43.4 Å². The summed E-state index contributed by atoms with van der Waals surface area (Å²) in [7, 11) is 0. The van der Waals surface area contributed by atoms with Crippen LogP contribution in [0.3, 0.4) is 0 Å². The van der Waals surface area contributed by atoms with Gasteiger partial charge in [0.25, 0.3) is 0 Å². The van der Waals surface area contributed by atoms with Crippen LogP contribution in [-0.2, 0) is 0 Å². The molecule has 0 aromatic heterocycles. The molecule has 0 N–H and O–H groups in total. The van der Waals surface area contributed by atoms with Crippen LogP contribution in [0.15, 0.2) is 53.0 Å². The van der Waals surface area contributed by atoms with Crippen LogP contribution in [0, 0.1) is 0 Å². The van der Waals surface area contributed by atoms with Gasteiger partial charge in [-0.3, -0.25) is 9.59 Å². The van der Waals surface area contributed by atoms with Crippen molar-refractivity contribution in [2.24, 2.45) is 0 Å². The number of rotatable bonds is 5. The Balaban J connectivity index is 2.02. The molecule has 96 valence electrons. The van der Waals surface area contributed by atoms with Crippen LogP contribution in [0.25, 0.3) is 0 Å². The number of ether oxygens (including phenoxy) is 1. The van der Waals surface area contributed by atoms with Crippen LogP contribution in [0.1, 0.15) is 20.7 Å². The van der Waals surface area contributed by atoms with Gasteiger partial charge in [-0.2, -0.15) is 0 Å². The Bertz CT molecular complexity index is 608. The van der Waals surface area contributed by atoms with Gasteiger partial charge in [0.2, 0.25) is 0 Å². The quantitative estimate of drug-likeness (QED) is 0.625. The molecule has 0 saturated heterocycles. The van der Waals surface area contributed by atoms with Gasteiger partial charge in [0.1, 0.15) is 12.0 Å². The van der Waals surface area contributed by atoms with Crippen LogP contribution in [-0.4, -0.2) is 18.7 Å². The van der Waals surface area contributed by atoms with Gasteiger partial charge >= 0.3 is 0 Å². The summed E-state index contributed by atoms with van der Waals surface area (Å²) in [6.07, 6.45) is 0.739. The molecule has 0 amide bonds. The molecule has 0 aliphatic heterocycles. The highest BCUT2D eigenvalue weighted by Gasteiger charge is 2.07. The van der Waals surface area contributed by atoms with E-state index in [1.165, 1.54) is 0 Å². The van der Waals surface area contributed by atoms with E-state index >= 15 is 0 Å². The number of hydrogen-bond donors (Lipinski definition) is 0. The van der Waals surface area contributed by atoms with E-state index in [1.807, 2.05) is 6.07 Å². The van der Waals surface area contributed by atoms with Crippen molar-refractivity contribution in [2.45, 2.75) is 0 Å². The minimum absolute atomic E-state index is 0.0568. The summed E-state index contributed by atoms with van der Waals surface area (Å²) in [5.74, 6) is 0.394. The highest BCUT2D eigenvalue weighted by molar-refractivity contribution is 9.10. The summed E-state index contributed by atoms with van der Waals surface area (Å²) in [5, 5.41) is 0. The van der Waals surface area contributed by atoms with Crippen LogP contribution in [0.4, 0.5) is 0 Å². The maximum absolute atomic E-state index is 11.9. The number of halogens is 1. The minimum Gasteiger partial charge on any atom is -0.485 e. The van der Waals surface area contributed by atoms with E-state index in [4.69, 9.17) is 4.74 Å². The van der Waals surface area contributed by atoms with Crippen molar-refractivity contribution in [3.63, 3.8) is 0 Å². The standard InChI is InChI=1S/C15H11BrO3/c16-13-5-2-4-12(8-13)15(18)10-19-14-6-1-3-11(7-14)9-17/h1-9H,10H2. The number of aldehydes is 1. The Morgan fingerprint density at radius 1 is 1.16 bits per heavy atom. The second-order valence-electron chi connectivity index (χ2n) is 3.91. The Morgan fingerprint density at radius 2 is 1.95 bits per heavy atom. The number of benzene rings is 2. The van der Waals surface area contributed by atoms with Crippen molar-refractivity contribution in [1.29, 1.82) is 0 Å². The molecule has 3 nitrogen and oxygen atoms in total. The molecular weight excluding hydrogens is 308 g/mol. The monoisotopic (exact) mass is 318 g/mol. The average Bonchev–Trinajstić information content (AvgIpc) is 2.45. The Kier molecular flexibility index (Phi) is 4.47. The fourth-order valence-electron chi connectivity index (χ4n) is 1.57. The van der Waals surface area contributed by atoms with Crippen molar-refractivity contribution in [3.05, 3.63) is 64.1 Å². The lowest BCUT2D eigenvalue weighted by Crippen LogP contribution is -2.11. The summed E-state index contributed by atoms with van der Waals surface area (Å²) >= 11 is 3.31. The molecule has 0 aliphatic carbocycles. The van der Waals surface area contributed by atoms with Gasteiger partial charge in [-0.15, -0.1) is 0 Å². The van der Waals surface area contributed by atoms with Crippen molar-refractivity contribution in [1.82, 2.24) is 0 Å². The molecule has 0 fully saturated rings. The van der Waals surface area contributed by atoms with E-state index in [0.29, 0.717) is 16.9 Å². The minimum atomic E-state index is -0.113. The number of carbonyl (C=O) groups is 2. The van der Waals surface area contributed by atoms with Crippen molar-refractivity contribution < 1.29 is 14.3 Å². The molecule has 0 heterocycles. The van der Waals surface area contributed by atoms with Gasteiger partial charge in [-0.05, 0) is 24.3 Å². The van der Waals surface area contributed by atoms with Gasteiger partial charge < -0.3 is 4.74 Å². The normalized spacial score (nSPS) is 9.95. The van der Waals surface area contributed by atoms with E-state index in [2.05, 4.69) is 15.9 Å². The van der Waals surface area contributed by atoms with E-state index in [1.54, 1.807) is 42.5 Å². The predicted octanol–water partition coefficient (Wildman–Crippen LogP) is 3.52. The van der Waals surface area contributed by atoms with E-state index < -0.39 is 0 Å². The lowest BCUT2D eigenvalue weighted by atomic mass is 10.1. The summed E-state index contributed by atoms with van der Waals surface area (Å²) in [6, 6.07) is 13.8. The SMILES string of the molecule is O=Cc1cccc(OCC(=O)c2cccc(Br)c2)c1. The number of ketones is 1. The maximum Gasteiger partial charge on any atom is 0.200 e. The summed E-state index contributed by atoms with van der Waals surface area (Å²) in [6.45, 7) is -0.0568. The van der Waals surface area contributed by atoms with Crippen LogP contribution < -0.4 is 4.74 Å². The second kappa shape index (κ2) is 6.29. The first-order valence-electron chi connectivity index (χ1n) is 5.66. The lowest BCUT2D eigenvalue weighted by molar-refractivity contribution is 0.0921.